The first kappa shape index (κ1) is 21.2. The minimum atomic E-state index is -0.569. The van der Waals surface area contributed by atoms with Gasteiger partial charge in [0.2, 0.25) is 11.8 Å². The van der Waals surface area contributed by atoms with Crippen molar-refractivity contribution in [3.05, 3.63) is 59.7 Å². The van der Waals surface area contributed by atoms with Crippen molar-refractivity contribution in [2.45, 2.75) is 33.1 Å². The number of amides is 2. The van der Waals surface area contributed by atoms with Crippen molar-refractivity contribution in [2.75, 3.05) is 23.9 Å². The van der Waals surface area contributed by atoms with E-state index in [-0.39, 0.29) is 29.3 Å². The monoisotopic (exact) mass is 382 g/mol. The van der Waals surface area contributed by atoms with Crippen molar-refractivity contribution in [2.24, 2.45) is 0 Å². The number of anilines is 2. The zero-order valence-electron chi connectivity index (χ0n) is 16.9. The number of nitrogens with one attached hydrogen (secondary N) is 1. The normalized spacial score (nSPS) is 10.9. The van der Waals surface area contributed by atoms with Crippen LogP contribution in [-0.2, 0) is 19.7 Å². The van der Waals surface area contributed by atoms with Gasteiger partial charge >= 0.3 is 5.97 Å². The van der Waals surface area contributed by atoms with E-state index < -0.39 is 5.97 Å². The number of rotatable bonds is 5. The summed E-state index contributed by atoms with van der Waals surface area (Å²) in [6.45, 7) is 7.47. The van der Waals surface area contributed by atoms with Gasteiger partial charge in [0, 0.05) is 12.6 Å². The highest BCUT2D eigenvalue weighted by atomic mass is 16.5. The van der Waals surface area contributed by atoms with Gasteiger partial charge in [-0.2, -0.15) is 0 Å². The molecule has 0 bridgehead atoms. The van der Waals surface area contributed by atoms with E-state index in [1.54, 1.807) is 24.3 Å². The number of para-hydroxylation sites is 1. The van der Waals surface area contributed by atoms with E-state index in [0.29, 0.717) is 11.4 Å². The van der Waals surface area contributed by atoms with Crippen LogP contribution in [0, 0.1) is 0 Å². The number of ether oxygens (including phenoxy) is 1. The molecule has 0 aliphatic carbocycles. The fraction of sp³-hybridized carbons (Fsp3) is 0.318. The molecule has 0 heterocycles. The van der Waals surface area contributed by atoms with E-state index in [4.69, 9.17) is 4.74 Å². The third-order valence-electron chi connectivity index (χ3n) is 4.32. The summed E-state index contributed by atoms with van der Waals surface area (Å²) in [5.74, 6) is -1.28. The maximum atomic E-state index is 12.5. The van der Waals surface area contributed by atoms with Crippen LogP contribution in [0.15, 0.2) is 48.5 Å². The topological polar surface area (TPSA) is 75.7 Å². The van der Waals surface area contributed by atoms with E-state index in [2.05, 4.69) is 26.1 Å². The van der Waals surface area contributed by atoms with Gasteiger partial charge in [-0.15, -0.1) is 0 Å². The quantitative estimate of drug-likeness (QED) is 0.799. The molecule has 2 aromatic carbocycles. The molecule has 2 rings (SSSR count). The molecule has 0 atom stereocenters. The van der Waals surface area contributed by atoms with E-state index in [9.17, 15) is 14.4 Å². The molecule has 6 heteroatoms. The molecule has 0 radical (unpaired) electrons. The molecule has 0 spiro atoms. The van der Waals surface area contributed by atoms with Crippen molar-refractivity contribution in [1.29, 1.82) is 0 Å². The Labute approximate surface area is 165 Å². The summed E-state index contributed by atoms with van der Waals surface area (Å²) in [5, 5.41) is 2.79. The molecule has 0 fully saturated rings. The lowest BCUT2D eigenvalue weighted by atomic mass is 9.87. The fourth-order valence-corrected chi connectivity index (χ4v) is 2.76. The molecule has 0 saturated carbocycles. The minimum Gasteiger partial charge on any atom is -0.465 e. The third-order valence-corrected chi connectivity index (χ3v) is 4.32. The van der Waals surface area contributed by atoms with Gasteiger partial charge in [0.15, 0.2) is 0 Å². The van der Waals surface area contributed by atoms with Gasteiger partial charge < -0.3 is 15.0 Å². The Morgan fingerprint density at radius 2 is 1.61 bits per heavy atom. The standard InChI is InChI=1S/C22H26N2O4/c1-15(25)24(19-9-7-6-8-18(19)21(27)28-5)14-20(26)23-17-12-10-16(11-13-17)22(2,3)4/h6-13H,14H2,1-5H3,(H,23,26). The fourth-order valence-electron chi connectivity index (χ4n) is 2.76. The highest BCUT2D eigenvalue weighted by Gasteiger charge is 2.22. The largest absolute Gasteiger partial charge is 0.465 e. The molecular formula is C22H26N2O4. The highest BCUT2D eigenvalue weighted by Crippen LogP contribution is 2.24. The average molecular weight is 382 g/mol. The molecule has 28 heavy (non-hydrogen) atoms. The van der Waals surface area contributed by atoms with Crippen LogP contribution in [0.2, 0.25) is 0 Å². The third kappa shape index (κ3) is 5.19. The lowest BCUT2D eigenvalue weighted by Gasteiger charge is -2.23. The number of carbonyl (C=O) groups is 3. The van der Waals surface area contributed by atoms with Gasteiger partial charge in [0.25, 0.3) is 0 Å². The van der Waals surface area contributed by atoms with Crippen molar-refractivity contribution in [1.82, 2.24) is 0 Å². The molecule has 2 aromatic rings. The molecule has 6 nitrogen and oxygen atoms in total. The van der Waals surface area contributed by atoms with E-state index in [1.165, 1.54) is 18.9 Å². The van der Waals surface area contributed by atoms with Crippen LogP contribution in [-0.4, -0.2) is 31.4 Å². The van der Waals surface area contributed by atoms with Gasteiger partial charge in [-0.05, 0) is 35.2 Å². The lowest BCUT2D eigenvalue weighted by molar-refractivity contribution is -0.120. The molecule has 0 saturated heterocycles. The molecule has 2 amide bonds. The molecule has 0 aromatic heterocycles. The molecule has 0 aliphatic heterocycles. The van der Waals surface area contributed by atoms with Gasteiger partial charge in [0.1, 0.15) is 6.54 Å². The van der Waals surface area contributed by atoms with Gasteiger partial charge in [-0.25, -0.2) is 4.79 Å². The Bertz CT molecular complexity index is 867. The molecule has 148 valence electrons. The second-order valence-corrected chi connectivity index (χ2v) is 7.49. The number of nitrogens with zero attached hydrogens (tertiary/aromatic N) is 1. The van der Waals surface area contributed by atoms with Crippen molar-refractivity contribution in [3.63, 3.8) is 0 Å². The van der Waals surface area contributed by atoms with Gasteiger partial charge in [-0.1, -0.05) is 45.0 Å². The number of carbonyl (C=O) groups excluding carboxylic acids is 3. The molecule has 0 aliphatic rings. The Morgan fingerprint density at radius 1 is 1.00 bits per heavy atom. The minimum absolute atomic E-state index is 0.0194. The smallest absolute Gasteiger partial charge is 0.339 e. The van der Waals surface area contributed by atoms with Crippen LogP contribution in [0.3, 0.4) is 0 Å². The first-order valence-corrected chi connectivity index (χ1v) is 8.99. The van der Waals surface area contributed by atoms with Crippen molar-refractivity contribution in [3.8, 4) is 0 Å². The number of methoxy groups -OCH3 is 1. The Kier molecular flexibility index (Phi) is 6.57. The van der Waals surface area contributed by atoms with Crippen molar-refractivity contribution < 1.29 is 19.1 Å². The molecular weight excluding hydrogens is 356 g/mol. The predicted molar refractivity (Wildman–Crippen MR) is 110 cm³/mol. The average Bonchev–Trinajstić information content (AvgIpc) is 2.65. The SMILES string of the molecule is COC(=O)c1ccccc1N(CC(=O)Nc1ccc(C(C)(C)C)cc1)C(C)=O. The van der Waals surface area contributed by atoms with Crippen LogP contribution in [0.4, 0.5) is 11.4 Å². The number of esters is 1. The van der Waals surface area contributed by atoms with E-state index in [1.807, 2.05) is 24.3 Å². The first-order chi connectivity index (χ1) is 13.1. The van der Waals surface area contributed by atoms with Gasteiger partial charge in [-0.3, -0.25) is 9.59 Å². The summed E-state index contributed by atoms with van der Waals surface area (Å²) in [6, 6.07) is 14.1. The molecule has 0 unspecified atom stereocenters. The zero-order chi connectivity index (χ0) is 20.9. The summed E-state index contributed by atoms with van der Waals surface area (Å²) in [4.78, 5) is 37.9. The lowest BCUT2D eigenvalue weighted by Crippen LogP contribution is -2.37. The van der Waals surface area contributed by atoms with Crippen molar-refractivity contribution >= 4 is 29.2 Å². The second-order valence-electron chi connectivity index (χ2n) is 7.49. The van der Waals surface area contributed by atoms with E-state index in [0.717, 1.165) is 5.56 Å². The highest BCUT2D eigenvalue weighted by molar-refractivity contribution is 6.06. The number of benzene rings is 2. The predicted octanol–water partition coefficient (Wildman–Crippen LogP) is 3.76. The summed E-state index contributed by atoms with van der Waals surface area (Å²) in [6.07, 6.45) is 0. The Hall–Kier alpha value is -3.15. The number of hydrogen-bond acceptors (Lipinski definition) is 4. The van der Waals surface area contributed by atoms with Crippen LogP contribution >= 0.6 is 0 Å². The van der Waals surface area contributed by atoms with Gasteiger partial charge in [0.05, 0.1) is 18.4 Å². The molecule has 1 N–H and O–H groups in total. The summed E-state index contributed by atoms with van der Waals surface area (Å²) in [7, 11) is 1.27. The summed E-state index contributed by atoms with van der Waals surface area (Å²) >= 11 is 0. The first-order valence-electron chi connectivity index (χ1n) is 8.99. The second kappa shape index (κ2) is 8.69. The summed E-state index contributed by atoms with van der Waals surface area (Å²) < 4.78 is 4.77. The Balaban J connectivity index is 2.18. The maximum Gasteiger partial charge on any atom is 0.339 e. The zero-order valence-corrected chi connectivity index (χ0v) is 16.9. The Morgan fingerprint density at radius 3 is 2.14 bits per heavy atom. The van der Waals surface area contributed by atoms with Crippen LogP contribution in [0.25, 0.3) is 0 Å². The van der Waals surface area contributed by atoms with Crippen LogP contribution in [0.5, 0.6) is 0 Å². The summed E-state index contributed by atoms with van der Waals surface area (Å²) in [5.41, 5.74) is 2.37. The maximum absolute atomic E-state index is 12.5. The number of hydrogen-bond donors (Lipinski definition) is 1. The van der Waals surface area contributed by atoms with Crippen LogP contribution < -0.4 is 10.2 Å². The van der Waals surface area contributed by atoms with E-state index >= 15 is 0 Å². The van der Waals surface area contributed by atoms with Crippen LogP contribution in [0.1, 0.15) is 43.6 Å².